The van der Waals surface area contributed by atoms with Crippen molar-refractivity contribution in [3.63, 3.8) is 0 Å². The highest BCUT2D eigenvalue weighted by atomic mass is 16.2. The molecule has 0 saturated carbocycles. The van der Waals surface area contributed by atoms with E-state index in [1.54, 1.807) is 0 Å². The Kier molecular flexibility index (Phi) is 5.92. The zero-order valence-electron chi connectivity index (χ0n) is 11.4. The molecule has 0 aliphatic carbocycles. The molecular weight excluding hydrogens is 214 g/mol. The van der Waals surface area contributed by atoms with Gasteiger partial charge in [0.15, 0.2) is 0 Å². The van der Waals surface area contributed by atoms with Gasteiger partial charge in [-0.3, -0.25) is 9.69 Å². The van der Waals surface area contributed by atoms with Gasteiger partial charge in [-0.05, 0) is 33.1 Å². The van der Waals surface area contributed by atoms with Crippen LogP contribution < -0.4 is 11.1 Å². The number of hydrogen-bond acceptors (Lipinski definition) is 3. The smallest absolute Gasteiger partial charge is 0.234 e. The van der Waals surface area contributed by atoms with Gasteiger partial charge < -0.3 is 11.1 Å². The molecule has 0 aromatic rings. The summed E-state index contributed by atoms with van der Waals surface area (Å²) in [6.07, 6.45) is 4.16. The summed E-state index contributed by atoms with van der Waals surface area (Å²) in [6.45, 7) is 7.81. The zero-order chi connectivity index (χ0) is 12.8. The minimum Gasteiger partial charge on any atom is -0.353 e. The number of hydrogen-bond donors (Lipinski definition) is 2. The maximum absolute atomic E-state index is 11.8. The van der Waals surface area contributed by atoms with Crippen molar-refractivity contribution in [1.29, 1.82) is 0 Å². The molecule has 100 valence electrons. The van der Waals surface area contributed by atoms with Gasteiger partial charge in [-0.1, -0.05) is 13.3 Å². The van der Waals surface area contributed by atoms with Gasteiger partial charge in [0.1, 0.15) is 0 Å². The number of amides is 1. The van der Waals surface area contributed by atoms with E-state index in [-0.39, 0.29) is 11.9 Å². The van der Waals surface area contributed by atoms with E-state index < -0.39 is 0 Å². The van der Waals surface area contributed by atoms with Gasteiger partial charge in [0, 0.05) is 24.7 Å². The summed E-state index contributed by atoms with van der Waals surface area (Å²) in [5, 5.41) is 3.05. The monoisotopic (exact) mass is 241 g/mol. The largest absolute Gasteiger partial charge is 0.353 e. The predicted octanol–water partition coefficient (Wildman–Crippen LogP) is 1.10. The number of carbonyl (C=O) groups excluding carboxylic acids is 1. The molecule has 4 heteroatoms. The average molecular weight is 241 g/mol. The quantitative estimate of drug-likeness (QED) is 0.758. The number of nitrogens with two attached hydrogens (primary N) is 1. The Morgan fingerprint density at radius 2 is 2.29 bits per heavy atom. The van der Waals surface area contributed by atoms with Crippen molar-refractivity contribution < 1.29 is 4.79 Å². The average Bonchev–Trinajstić information content (AvgIpc) is 2.22. The third-order valence-corrected chi connectivity index (χ3v) is 3.53. The molecule has 0 aromatic heterocycles. The summed E-state index contributed by atoms with van der Waals surface area (Å²) in [4.78, 5) is 14.1. The van der Waals surface area contributed by atoms with E-state index in [0.717, 1.165) is 32.2 Å². The molecule has 3 N–H and O–H groups in total. The second kappa shape index (κ2) is 6.97. The summed E-state index contributed by atoms with van der Waals surface area (Å²) in [6, 6.07) is 1.02. The van der Waals surface area contributed by atoms with E-state index in [1.165, 1.54) is 0 Å². The molecule has 4 nitrogen and oxygen atoms in total. The van der Waals surface area contributed by atoms with E-state index in [2.05, 4.69) is 31.0 Å². The number of nitrogens with one attached hydrogen (secondary N) is 1. The van der Waals surface area contributed by atoms with E-state index in [0.29, 0.717) is 18.6 Å². The van der Waals surface area contributed by atoms with Crippen LogP contribution >= 0.6 is 0 Å². The Hall–Kier alpha value is -0.610. The van der Waals surface area contributed by atoms with Gasteiger partial charge in [-0.15, -0.1) is 0 Å². The molecule has 1 rings (SSSR count). The first-order valence-corrected chi connectivity index (χ1v) is 6.82. The first-order chi connectivity index (χ1) is 8.02. The van der Waals surface area contributed by atoms with Gasteiger partial charge in [-0.25, -0.2) is 0 Å². The number of piperidine rings is 1. The number of carbonyl (C=O) groups is 1. The Morgan fingerprint density at radius 1 is 1.59 bits per heavy atom. The van der Waals surface area contributed by atoms with Crippen LogP contribution in [0, 0.1) is 0 Å². The van der Waals surface area contributed by atoms with Gasteiger partial charge in [-0.2, -0.15) is 0 Å². The van der Waals surface area contributed by atoms with Gasteiger partial charge >= 0.3 is 0 Å². The Balaban J connectivity index is 2.30. The van der Waals surface area contributed by atoms with Gasteiger partial charge in [0.2, 0.25) is 5.91 Å². The molecule has 0 radical (unpaired) electrons. The molecule has 0 bridgehead atoms. The van der Waals surface area contributed by atoms with Crippen LogP contribution in [0.5, 0.6) is 0 Å². The van der Waals surface area contributed by atoms with E-state index in [9.17, 15) is 4.79 Å². The Labute approximate surface area is 105 Å². The third-order valence-electron chi connectivity index (χ3n) is 3.53. The van der Waals surface area contributed by atoms with Crippen LogP contribution in [0.2, 0.25) is 0 Å². The van der Waals surface area contributed by atoms with Crippen LogP contribution in [-0.2, 0) is 4.79 Å². The maximum Gasteiger partial charge on any atom is 0.234 e. The standard InChI is InChI=1S/C13H27N3O/c1-4-5-10(2)15-13(17)9-16-7-6-12(14)8-11(16)3/h10-12H,4-9,14H2,1-3H3,(H,15,17). The van der Waals surface area contributed by atoms with E-state index in [4.69, 9.17) is 5.73 Å². The van der Waals surface area contributed by atoms with Crippen molar-refractivity contribution in [2.75, 3.05) is 13.1 Å². The van der Waals surface area contributed by atoms with Crippen molar-refractivity contribution in [1.82, 2.24) is 10.2 Å². The highest BCUT2D eigenvalue weighted by Gasteiger charge is 2.24. The van der Waals surface area contributed by atoms with Crippen LogP contribution in [0.15, 0.2) is 0 Å². The highest BCUT2D eigenvalue weighted by molar-refractivity contribution is 5.78. The van der Waals surface area contributed by atoms with Gasteiger partial charge in [0.05, 0.1) is 6.54 Å². The fourth-order valence-electron chi connectivity index (χ4n) is 2.50. The van der Waals surface area contributed by atoms with Crippen molar-refractivity contribution in [3.05, 3.63) is 0 Å². The van der Waals surface area contributed by atoms with Crippen molar-refractivity contribution in [2.24, 2.45) is 5.73 Å². The van der Waals surface area contributed by atoms with Crippen molar-refractivity contribution in [3.8, 4) is 0 Å². The number of likely N-dealkylation sites (tertiary alicyclic amines) is 1. The molecule has 3 atom stereocenters. The number of nitrogens with zero attached hydrogens (tertiary/aromatic N) is 1. The summed E-state index contributed by atoms with van der Waals surface area (Å²) in [5.74, 6) is 0.147. The first kappa shape index (κ1) is 14.5. The molecule has 1 aliphatic heterocycles. The summed E-state index contributed by atoms with van der Waals surface area (Å²) < 4.78 is 0. The third kappa shape index (κ3) is 5.04. The lowest BCUT2D eigenvalue weighted by Gasteiger charge is -2.35. The number of rotatable bonds is 5. The fourth-order valence-corrected chi connectivity index (χ4v) is 2.50. The SMILES string of the molecule is CCCC(C)NC(=O)CN1CCC(N)CC1C. The zero-order valence-corrected chi connectivity index (χ0v) is 11.4. The van der Waals surface area contributed by atoms with Crippen LogP contribution in [-0.4, -0.2) is 42.0 Å². The van der Waals surface area contributed by atoms with Crippen LogP contribution in [0.3, 0.4) is 0 Å². The molecule has 1 aliphatic rings. The molecule has 1 amide bonds. The Bertz CT molecular complexity index is 245. The normalized spacial score (nSPS) is 27.8. The summed E-state index contributed by atoms with van der Waals surface area (Å²) in [7, 11) is 0. The lowest BCUT2D eigenvalue weighted by atomic mass is 9.99. The summed E-state index contributed by atoms with van der Waals surface area (Å²) in [5.41, 5.74) is 5.91. The highest BCUT2D eigenvalue weighted by Crippen LogP contribution is 2.15. The lowest BCUT2D eigenvalue weighted by molar-refractivity contribution is -0.123. The van der Waals surface area contributed by atoms with Crippen LogP contribution in [0.4, 0.5) is 0 Å². The second-order valence-electron chi connectivity index (χ2n) is 5.36. The molecule has 1 heterocycles. The second-order valence-corrected chi connectivity index (χ2v) is 5.36. The molecule has 1 saturated heterocycles. The summed E-state index contributed by atoms with van der Waals surface area (Å²) >= 11 is 0. The van der Waals surface area contributed by atoms with Crippen LogP contribution in [0.25, 0.3) is 0 Å². The Morgan fingerprint density at radius 3 is 2.88 bits per heavy atom. The lowest BCUT2D eigenvalue weighted by Crippen LogP contribution is -2.50. The molecular formula is C13H27N3O. The molecule has 1 fully saturated rings. The molecule has 0 spiro atoms. The van der Waals surface area contributed by atoms with Gasteiger partial charge in [0.25, 0.3) is 0 Å². The van der Waals surface area contributed by atoms with Crippen molar-refractivity contribution in [2.45, 2.75) is 64.6 Å². The first-order valence-electron chi connectivity index (χ1n) is 6.82. The molecule has 17 heavy (non-hydrogen) atoms. The maximum atomic E-state index is 11.8. The van der Waals surface area contributed by atoms with E-state index in [1.807, 2.05) is 0 Å². The van der Waals surface area contributed by atoms with E-state index >= 15 is 0 Å². The minimum absolute atomic E-state index is 0.147. The van der Waals surface area contributed by atoms with Crippen molar-refractivity contribution >= 4 is 5.91 Å². The predicted molar refractivity (Wildman–Crippen MR) is 70.8 cm³/mol. The fraction of sp³-hybridized carbons (Fsp3) is 0.923. The minimum atomic E-state index is 0.147. The molecule has 0 aromatic carbocycles. The molecule has 3 unspecified atom stereocenters. The van der Waals surface area contributed by atoms with Crippen LogP contribution in [0.1, 0.15) is 46.5 Å². The topological polar surface area (TPSA) is 58.4 Å².